The molecule has 0 spiro atoms. The molecule has 1 atom stereocenters. The molecule has 5 nitrogen and oxygen atoms in total. The maximum Gasteiger partial charge on any atom is 0.178 e. The van der Waals surface area contributed by atoms with Crippen LogP contribution < -0.4 is 5.32 Å². The number of hydrogen-bond acceptors (Lipinski definition) is 4. The van der Waals surface area contributed by atoms with Crippen LogP contribution in [0.25, 0.3) is 0 Å². The monoisotopic (exact) mass is 279 g/mol. The summed E-state index contributed by atoms with van der Waals surface area (Å²) in [6.45, 7) is 3.66. The second-order valence-corrected chi connectivity index (χ2v) is 6.60. The van der Waals surface area contributed by atoms with Crippen LogP contribution in [0.4, 0.5) is 5.69 Å². The Morgan fingerprint density at radius 2 is 2.00 bits per heavy atom. The van der Waals surface area contributed by atoms with Gasteiger partial charge in [-0.3, -0.25) is 5.10 Å². The fourth-order valence-corrected chi connectivity index (χ4v) is 2.64. The first-order valence-electron chi connectivity index (χ1n) is 6.11. The average molecular weight is 279 g/mol. The molecule has 2 aromatic rings. The molecule has 2 N–H and O–H groups in total. The van der Waals surface area contributed by atoms with Crippen molar-refractivity contribution in [3.05, 3.63) is 42.2 Å². The minimum Gasteiger partial charge on any atom is -0.378 e. The highest BCUT2D eigenvalue weighted by atomic mass is 32.2. The van der Waals surface area contributed by atoms with Crippen LogP contribution in [0.2, 0.25) is 0 Å². The molecule has 6 heteroatoms. The Kier molecular flexibility index (Phi) is 3.90. The van der Waals surface area contributed by atoms with Gasteiger partial charge in [0.05, 0.1) is 22.9 Å². The van der Waals surface area contributed by atoms with Gasteiger partial charge >= 0.3 is 0 Å². The molecule has 0 aliphatic heterocycles. The summed E-state index contributed by atoms with van der Waals surface area (Å²) < 4.78 is 23.4. The third-order valence-corrected chi connectivity index (χ3v) is 4.75. The minimum atomic E-state index is -3.13. The summed E-state index contributed by atoms with van der Waals surface area (Å²) in [5.74, 6) is 0.116. The van der Waals surface area contributed by atoms with Crippen molar-refractivity contribution in [3.8, 4) is 0 Å². The molecule has 0 saturated heterocycles. The molecule has 0 radical (unpaired) electrons. The van der Waals surface area contributed by atoms with Gasteiger partial charge in [-0.15, -0.1) is 0 Å². The van der Waals surface area contributed by atoms with E-state index in [1.165, 1.54) is 0 Å². The standard InChI is InChI=1S/C13H17N3O2S/c1-3-19(17,18)13-6-4-12(5-7-13)16-10(2)11-8-14-15-9-11/h4-10,16H,3H2,1-2H3,(H,14,15). The van der Waals surface area contributed by atoms with Crippen molar-refractivity contribution in [2.75, 3.05) is 11.1 Å². The van der Waals surface area contributed by atoms with Gasteiger partial charge in [0.1, 0.15) is 0 Å². The summed E-state index contributed by atoms with van der Waals surface area (Å²) in [5, 5.41) is 9.95. The number of aromatic nitrogens is 2. The van der Waals surface area contributed by atoms with E-state index in [1.54, 1.807) is 37.4 Å². The maximum absolute atomic E-state index is 11.7. The maximum atomic E-state index is 11.7. The summed E-state index contributed by atoms with van der Waals surface area (Å²) in [6.07, 6.45) is 3.58. The zero-order chi connectivity index (χ0) is 13.9. The van der Waals surface area contributed by atoms with Gasteiger partial charge in [0.25, 0.3) is 0 Å². The number of hydrogen-bond donors (Lipinski definition) is 2. The Labute approximate surface area is 113 Å². The van der Waals surface area contributed by atoms with Crippen LogP contribution in [-0.4, -0.2) is 24.4 Å². The summed E-state index contributed by atoms with van der Waals surface area (Å²) in [4.78, 5) is 0.358. The number of H-pyrrole nitrogens is 1. The lowest BCUT2D eigenvalue weighted by Crippen LogP contribution is -2.07. The summed E-state index contributed by atoms with van der Waals surface area (Å²) in [6, 6.07) is 6.91. The van der Waals surface area contributed by atoms with Crippen LogP contribution in [0.15, 0.2) is 41.6 Å². The molecule has 1 aromatic heterocycles. The summed E-state index contributed by atoms with van der Waals surface area (Å²) in [5.41, 5.74) is 1.93. The molecular formula is C13H17N3O2S. The van der Waals surface area contributed by atoms with E-state index in [2.05, 4.69) is 15.5 Å². The normalized spacial score (nSPS) is 13.2. The lowest BCUT2D eigenvalue weighted by atomic mass is 10.2. The fraction of sp³-hybridized carbons (Fsp3) is 0.308. The Balaban J connectivity index is 2.11. The first-order valence-corrected chi connectivity index (χ1v) is 7.76. The van der Waals surface area contributed by atoms with E-state index in [1.807, 2.05) is 13.1 Å². The van der Waals surface area contributed by atoms with E-state index in [9.17, 15) is 8.42 Å². The Hall–Kier alpha value is -1.82. The van der Waals surface area contributed by atoms with Crippen LogP contribution in [0, 0.1) is 0 Å². The van der Waals surface area contributed by atoms with Crippen molar-refractivity contribution in [3.63, 3.8) is 0 Å². The molecule has 0 aliphatic carbocycles. The van der Waals surface area contributed by atoms with E-state index in [4.69, 9.17) is 0 Å². The van der Waals surface area contributed by atoms with Crippen molar-refractivity contribution >= 4 is 15.5 Å². The molecular weight excluding hydrogens is 262 g/mol. The molecule has 1 heterocycles. The van der Waals surface area contributed by atoms with Crippen molar-refractivity contribution in [2.24, 2.45) is 0 Å². The van der Waals surface area contributed by atoms with E-state index in [0.29, 0.717) is 4.90 Å². The van der Waals surface area contributed by atoms with Gasteiger partial charge in [-0.1, -0.05) is 6.92 Å². The van der Waals surface area contributed by atoms with Crippen LogP contribution in [0.5, 0.6) is 0 Å². The van der Waals surface area contributed by atoms with E-state index < -0.39 is 9.84 Å². The molecule has 19 heavy (non-hydrogen) atoms. The molecule has 0 bridgehead atoms. The number of benzene rings is 1. The summed E-state index contributed by atoms with van der Waals surface area (Å²) in [7, 11) is -3.13. The topological polar surface area (TPSA) is 74.8 Å². The van der Waals surface area contributed by atoms with Gasteiger partial charge < -0.3 is 5.32 Å². The lowest BCUT2D eigenvalue weighted by molar-refractivity contribution is 0.597. The number of rotatable bonds is 5. The molecule has 102 valence electrons. The number of anilines is 1. The highest BCUT2D eigenvalue weighted by Crippen LogP contribution is 2.20. The van der Waals surface area contributed by atoms with Crippen molar-refractivity contribution < 1.29 is 8.42 Å². The summed E-state index contributed by atoms with van der Waals surface area (Å²) >= 11 is 0. The van der Waals surface area contributed by atoms with Gasteiger partial charge in [0, 0.05) is 17.4 Å². The van der Waals surface area contributed by atoms with Gasteiger partial charge in [0.2, 0.25) is 0 Å². The Morgan fingerprint density at radius 1 is 1.32 bits per heavy atom. The minimum absolute atomic E-state index is 0.104. The largest absolute Gasteiger partial charge is 0.378 e. The molecule has 1 aromatic carbocycles. The molecule has 0 saturated carbocycles. The second-order valence-electron chi connectivity index (χ2n) is 4.33. The quantitative estimate of drug-likeness (QED) is 0.881. The van der Waals surface area contributed by atoms with Gasteiger partial charge in [-0.25, -0.2) is 8.42 Å². The second kappa shape index (κ2) is 5.44. The van der Waals surface area contributed by atoms with Gasteiger partial charge in [-0.2, -0.15) is 5.10 Å². The van der Waals surface area contributed by atoms with Crippen LogP contribution in [-0.2, 0) is 9.84 Å². The van der Waals surface area contributed by atoms with E-state index >= 15 is 0 Å². The Bertz CT molecular complexity index is 618. The smallest absolute Gasteiger partial charge is 0.178 e. The zero-order valence-corrected chi connectivity index (χ0v) is 11.7. The molecule has 0 amide bonds. The number of sulfone groups is 1. The van der Waals surface area contributed by atoms with Crippen LogP contribution in [0.3, 0.4) is 0 Å². The molecule has 0 fully saturated rings. The predicted molar refractivity (Wildman–Crippen MR) is 74.8 cm³/mol. The van der Waals surface area contributed by atoms with Gasteiger partial charge in [0.15, 0.2) is 9.84 Å². The average Bonchev–Trinajstić information content (AvgIpc) is 2.93. The molecule has 2 rings (SSSR count). The highest BCUT2D eigenvalue weighted by molar-refractivity contribution is 7.91. The lowest BCUT2D eigenvalue weighted by Gasteiger charge is -2.13. The van der Waals surface area contributed by atoms with E-state index in [-0.39, 0.29) is 11.8 Å². The molecule has 1 unspecified atom stereocenters. The van der Waals surface area contributed by atoms with Gasteiger partial charge in [-0.05, 0) is 31.2 Å². The van der Waals surface area contributed by atoms with Crippen molar-refractivity contribution in [2.45, 2.75) is 24.8 Å². The first-order chi connectivity index (χ1) is 9.03. The number of nitrogens with one attached hydrogen (secondary N) is 2. The third kappa shape index (κ3) is 3.14. The Morgan fingerprint density at radius 3 is 2.53 bits per heavy atom. The number of aromatic amines is 1. The van der Waals surface area contributed by atoms with Crippen LogP contribution >= 0.6 is 0 Å². The molecule has 0 aliphatic rings. The predicted octanol–water partition coefficient (Wildman–Crippen LogP) is 2.38. The SMILES string of the molecule is CCS(=O)(=O)c1ccc(NC(C)c2cn[nH]c2)cc1. The zero-order valence-electron chi connectivity index (χ0n) is 10.9. The van der Waals surface area contributed by atoms with Crippen molar-refractivity contribution in [1.29, 1.82) is 0 Å². The third-order valence-electron chi connectivity index (χ3n) is 3.00. The van der Waals surface area contributed by atoms with Crippen LogP contribution in [0.1, 0.15) is 25.5 Å². The fourth-order valence-electron chi connectivity index (χ4n) is 1.76. The highest BCUT2D eigenvalue weighted by Gasteiger charge is 2.11. The van der Waals surface area contributed by atoms with Crippen molar-refractivity contribution in [1.82, 2.24) is 10.2 Å². The van der Waals surface area contributed by atoms with E-state index in [0.717, 1.165) is 11.3 Å². The first kappa shape index (κ1) is 13.6. The number of nitrogens with zero attached hydrogens (tertiary/aromatic N) is 1.